The lowest BCUT2D eigenvalue weighted by molar-refractivity contribution is 0.280. The molecule has 0 saturated heterocycles. The highest BCUT2D eigenvalue weighted by Crippen LogP contribution is 2.20. The first-order valence-corrected chi connectivity index (χ1v) is 6.77. The van der Waals surface area contributed by atoms with Crippen molar-refractivity contribution >= 4 is 0 Å². The number of aryl methyl sites for hydroxylation is 2. The molecule has 0 saturated carbocycles. The molecule has 0 radical (unpaired) electrons. The van der Waals surface area contributed by atoms with Gasteiger partial charge in [-0.25, -0.2) is 4.39 Å². The van der Waals surface area contributed by atoms with Crippen molar-refractivity contribution in [3.63, 3.8) is 0 Å². The maximum atomic E-state index is 13.9. The van der Waals surface area contributed by atoms with Crippen LogP contribution >= 0.6 is 0 Å². The predicted molar refractivity (Wildman–Crippen MR) is 76.1 cm³/mol. The second kappa shape index (κ2) is 6.52. The molecule has 108 valence electrons. The van der Waals surface area contributed by atoms with E-state index >= 15 is 0 Å². The molecule has 0 unspecified atom stereocenters. The molecule has 0 atom stereocenters. The van der Waals surface area contributed by atoms with E-state index in [9.17, 15) is 4.39 Å². The summed E-state index contributed by atoms with van der Waals surface area (Å²) < 4.78 is 21.2. The second-order valence-corrected chi connectivity index (χ2v) is 4.70. The van der Waals surface area contributed by atoms with Crippen molar-refractivity contribution < 1.29 is 9.13 Å². The average molecular weight is 277 g/mol. The Balaban J connectivity index is 2.04. The summed E-state index contributed by atoms with van der Waals surface area (Å²) in [4.78, 5) is 0. The van der Waals surface area contributed by atoms with E-state index in [1.165, 1.54) is 6.07 Å². The van der Waals surface area contributed by atoms with Crippen LogP contribution in [0.3, 0.4) is 0 Å². The van der Waals surface area contributed by atoms with Gasteiger partial charge in [0, 0.05) is 7.05 Å². The molecule has 1 aromatic heterocycles. The Kier molecular flexibility index (Phi) is 4.74. The zero-order valence-electron chi connectivity index (χ0n) is 11.9. The summed E-state index contributed by atoms with van der Waals surface area (Å²) in [5.74, 6) is -0.0983. The summed E-state index contributed by atoms with van der Waals surface area (Å²) in [7, 11) is 1.86. The van der Waals surface area contributed by atoms with Gasteiger partial charge in [0.1, 0.15) is 6.61 Å². The minimum absolute atomic E-state index is 0.255. The van der Waals surface area contributed by atoms with Gasteiger partial charge in [0.15, 0.2) is 11.6 Å². The molecule has 0 amide bonds. The highest BCUT2D eigenvalue weighted by Gasteiger charge is 2.08. The van der Waals surface area contributed by atoms with E-state index in [-0.39, 0.29) is 11.6 Å². The van der Waals surface area contributed by atoms with E-state index in [1.54, 1.807) is 10.7 Å². The van der Waals surface area contributed by atoms with Crippen molar-refractivity contribution in [1.29, 1.82) is 0 Å². The Morgan fingerprint density at radius 1 is 1.35 bits per heavy atom. The van der Waals surface area contributed by atoms with Crippen LogP contribution in [-0.2, 0) is 26.5 Å². The molecule has 0 aliphatic heterocycles. The van der Waals surface area contributed by atoms with Gasteiger partial charge in [0.2, 0.25) is 0 Å². The zero-order valence-corrected chi connectivity index (χ0v) is 11.9. The summed E-state index contributed by atoms with van der Waals surface area (Å²) in [5, 5.41) is 4.33. The fourth-order valence-corrected chi connectivity index (χ4v) is 2.01. The van der Waals surface area contributed by atoms with Crippen LogP contribution in [0.25, 0.3) is 0 Å². The topological polar surface area (TPSA) is 53.1 Å². The first kappa shape index (κ1) is 14.5. The summed E-state index contributed by atoms with van der Waals surface area (Å²) in [5.41, 5.74) is 8.26. The van der Waals surface area contributed by atoms with Gasteiger partial charge in [-0.15, -0.1) is 0 Å². The smallest absolute Gasteiger partial charge is 0.165 e. The maximum absolute atomic E-state index is 13.9. The minimum Gasteiger partial charge on any atom is -0.484 e. The van der Waals surface area contributed by atoms with Crippen LogP contribution in [0.5, 0.6) is 5.75 Å². The fourth-order valence-electron chi connectivity index (χ4n) is 2.01. The number of aromatic nitrogens is 2. The van der Waals surface area contributed by atoms with E-state index in [2.05, 4.69) is 5.10 Å². The molecule has 0 aliphatic rings. The van der Waals surface area contributed by atoms with Gasteiger partial charge >= 0.3 is 0 Å². The third-order valence-corrected chi connectivity index (χ3v) is 3.19. The normalized spacial score (nSPS) is 10.8. The number of hydrogen-bond acceptors (Lipinski definition) is 3. The molecule has 4 nitrogen and oxygen atoms in total. The summed E-state index contributed by atoms with van der Waals surface area (Å²) in [6.45, 7) is 2.86. The predicted octanol–water partition coefficient (Wildman–Crippen LogP) is 2.20. The molecule has 0 bridgehead atoms. The highest BCUT2D eigenvalue weighted by atomic mass is 19.1. The Hall–Kier alpha value is -1.88. The van der Waals surface area contributed by atoms with Gasteiger partial charge < -0.3 is 10.5 Å². The van der Waals surface area contributed by atoms with Crippen LogP contribution in [-0.4, -0.2) is 16.3 Å². The van der Waals surface area contributed by atoms with Crippen LogP contribution in [0.4, 0.5) is 4.39 Å². The number of ether oxygens (including phenoxy) is 1. The molecule has 1 heterocycles. The van der Waals surface area contributed by atoms with Crippen LogP contribution in [0, 0.1) is 5.82 Å². The van der Waals surface area contributed by atoms with E-state index < -0.39 is 0 Å². The standard InChI is InChI=1S/C15H20FN3O/c1-3-12-9-13(19(2)18-12)10-20-15-5-4-11(6-7-17)8-14(15)16/h4-5,8-9H,3,6-7,10,17H2,1-2H3. The Bertz CT molecular complexity index is 580. The van der Waals surface area contributed by atoms with Crippen LogP contribution in [0.1, 0.15) is 23.9 Å². The van der Waals surface area contributed by atoms with Crippen LogP contribution in [0.2, 0.25) is 0 Å². The number of nitrogens with zero attached hydrogens (tertiary/aromatic N) is 2. The largest absolute Gasteiger partial charge is 0.484 e. The third-order valence-electron chi connectivity index (χ3n) is 3.19. The molecule has 2 aromatic rings. The van der Waals surface area contributed by atoms with Crippen molar-refractivity contribution in [2.24, 2.45) is 12.8 Å². The first-order valence-electron chi connectivity index (χ1n) is 6.77. The third kappa shape index (κ3) is 3.36. The van der Waals surface area contributed by atoms with Gasteiger partial charge in [0.05, 0.1) is 11.4 Å². The number of halogens is 1. The summed E-state index contributed by atoms with van der Waals surface area (Å²) in [6, 6.07) is 6.94. The molecule has 2 N–H and O–H groups in total. The Labute approximate surface area is 118 Å². The first-order chi connectivity index (χ1) is 9.63. The molecule has 0 aliphatic carbocycles. The Morgan fingerprint density at radius 2 is 2.15 bits per heavy atom. The number of hydrogen-bond donors (Lipinski definition) is 1. The lowest BCUT2D eigenvalue weighted by Gasteiger charge is -2.08. The zero-order chi connectivity index (χ0) is 14.5. The molecule has 20 heavy (non-hydrogen) atoms. The lowest BCUT2D eigenvalue weighted by atomic mass is 10.1. The SMILES string of the molecule is CCc1cc(COc2ccc(CCN)cc2F)n(C)n1. The molecule has 5 heteroatoms. The molecule has 0 spiro atoms. The quantitative estimate of drug-likeness (QED) is 0.880. The van der Waals surface area contributed by atoms with Gasteiger partial charge in [-0.2, -0.15) is 5.10 Å². The maximum Gasteiger partial charge on any atom is 0.165 e. The second-order valence-electron chi connectivity index (χ2n) is 4.70. The van der Waals surface area contributed by atoms with Crippen molar-refractivity contribution in [1.82, 2.24) is 9.78 Å². The average Bonchev–Trinajstić information content (AvgIpc) is 2.79. The van der Waals surface area contributed by atoms with Gasteiger partial charge in [-0.3, -0.25) is 4.68 Å². The van der Waals surface area contributed by atoms with Crippen molar-refractivity contribution in [3.05, 3.63) is 47.0 Å². The van der Waals surface area contributed by atoms with Gasteiger partial charge in [-0.05, 0) is 43.1 Å². The van der Waals surface area contributed by atoms with E-state index in [4.69, 9.17) is 10.5 Å². The molecule has 2 rings (SSSR count). The van der Waals surface area contributed by atoms with Crippen molar-refractivity contribution in [3.8, 4) is 5.75 Å². The van der Waals surface area contributed by atoms with Gasteiger partial charge in [0.25, 0.3) is 0 Å². The van der Waals surface area contributed by atoms with E-state index in [0.717, 1.165) is 23.4 Å². The van der Waals surface area contributed by atoms with E-state index in [1.807, 2.05) is 26.1 Å². The number of nitrogens with two attached hydrogens (primary N) is 1. The molecular weight excluding hydrogens is 257 g/mol. The minimum atomic E-state index is -0.353. The lowest BCUT2D eigenvalue weighted by Crippen LogP contribution is -2.05. The van der Waals surface area contributed by atoms with Crippen molar-refractivity contribution in [2.75, 3.05) is 6.54 Å². The number of rotatable bonds is 6. The van der Waals surface area contributed by atoms with Crippen LogP contribution < -0.4 is 10.5 Å². The van der Waals surface area contributed by atoms with Gasteiger partial charge in [-0.1, -0.05) is 13.0 Å². The molecule has 1 aromatic carbocycles. The van der Waals surface area contributed by atoms with E-state index in [0.29, 0.717) is 19.6 Å². The number of benzene rings is 1. The Morgan fingerprint density at radius 3 is 2.75 bits per heavy atom. The summed E-state index contributed by atoms with van der Waals surface area (Å²) in [6.07, 6.45) is 1.54. The molecular formula is C15H20FN3O. The van der Waals surface area contributed by atoms with Crippen LogP contribution in [0.15, 0.2) is 24.3 Å². The monoisotopic (exact) mass is 277 g/mol. The highest BCUT2D eigenvalue weighted by molar-refractivity contribution is 5.29. The summed E-state index contributed by atoms with van der Waals surface area (Å²) >= 11 is 0. The molecule has 0 fully saturated rings. The fraction of sp³-hybridized carbons (Fsp3) is 0.400. The van der Waals surface area contributed by atoms with Crippen molar-refractivity contribution in [2.45, 2.75) is 26.4 Å².